The molecule has 0 unspecified atom stereocenters. The molecule has 0 spiro atoms. The maximum Gasteiger partial charge on any atom is 0.460 e. The molecule has 3 aromatic rings. The van der Waals surface area contributed by atoms with E-state index < -0.39 is 11.7 Å². The predicted octanol–water partition coefficient (Wildman–Crippen LogP) is 4.78. The van der Waals surface area contributed by atoms with Crippen LogP contribution in [0.4, 0.5) is 24.5 Å². The van der Waals surface area contributed by atoms with Gasteiger partial charge in [-0.3, -0.25) is 0 Å². The van der Waals surface area contributed by atoms with Crippen LogP contribution in [0.5, 0.6) is 0 Å². The molecule has 25 heavy (non-hydrogen) atoms. The van der Waals surface area contributed by atoms with Gasteiger partial charge in [0.25, 0.3) is 0 Å². The lowest BCUT2D eigenvalue weighted by Gasteiger charge is -2.23. The number of halogens is 3. The number of rotatable bonds is 0. The average molecular weight is 336 g/mol. The lowest BCUT2D eigenvalue weighted by atomic mass is 9.74. The second-order valence-electron chi connectivity index (χ2n) is 5.78. The highest BCUT2D eigenvalue weighted by atomic mass is 19.4. The van der Waals surface area contributed by atoms with Crippen molar-refractivity contribution in [3.63, 3.8) is 0 Å². The van der Waals surface area contributed by atoms with E-state index in [2.05, 4.69) is 22.2 Å². The molecule has 3 aromatic carbocycles. The van der Waals surface area contributed by atoms with Crippen LogP contribution in [0.3, 0.4) is 0 Å². The van der Waals surface area contributed by atoms with Gasteiger partial charge in [-0.05, 0) is 41.8 Å². The standard InChI is InChI=1S/C19H12BF3N2/c21-19(22,23)15-9-7-13(8-10-15)11-12-20-24-16-5-1-3-14-4-2-6-17(25-20)18(14)16/h1-10,24-25H. The van der Waals surface area contributed by atoms with E-state index in [0.29, 0.717) is 5.56 Å². The molecule has 4 rings (SSSR count). The first-order chi connectivity index (χ1) is 12.0. The van der Waals surface area contributed by atoms with Gasteiger partial charge in [0.2, 0.25) is 0 Å². The molecule has 1 heterocycles. The smallest absolute Gasteiger partial charge is 0.398 e. The fourth-order valence-corrected chi connectivity index (χ4v) is 2.90. The summed E-state index contributed by atoms with van der Waals surface area (Å²) in [6, 6.07) is 16.9. The van der Waals surface area contributed by atoms with E-state index in [0.717, 1.165) is 34.3 Å². The van der Waals surface area contributed by atoms with Crippen molar-refractivity contribution in [2.24, 2.45) is 0 Å². The van der Waals surface area contributed by atoms with Crippen molar-refractivity contribution in [1.29, 1.82) is 0 Å². The molecule has 0 aliphatic carbocycles. The Labute approximate surface area is 143 Å². The Morgan fingerprint density at radius 3 is 1.96 bits per heavy atom. The van der Waals surface area contributed by atoms with E-state index >= 15 is 0 Å². The van der Waals surface area contributed by atoms with E-state index in [1.165, 1.54) is 12.1 Å². The second kappa shape index (κ2) is 5.78. The third kappa shape index (κ3) is 3.01. The van der Waals surface area contributed by atoms with E-state index in [1.807, 2.05) is 36.4 Å². The summed E-state index contributed by atoms with van der Waals surface area (Å²) in [5, 5.41) is 8.84. The zero-order chi connectivity index (χ0) is 17.4. The van der Waals surface area contributed by atoms with Crippen molar-refractivity contribution in [1.82, 2.24) is 0 Å². The molecule has 0 saturated heterocycles. The summed E-state index contributed by atoms with van der Waals surface area (Å²) in [4.78, 5) is 0. The van der Waals surface area contributed by atoms with Crippen LogP contribution >= 0.6 is 0 Å². The van der Waals surface area contributed by atoms with Gasteiger partial charge in [-0.2, -0.15) is 13.2 Å². The molecule has 0 atom stereocenters. The summed E-state index contributed by atoms with van der Waals surface area (Å²) in [5.41, 5.74) is 1.83. The molecule has 1 aliphatic rings. The molecule has 0 bridgehead atoms. The zero-order valence-corrected chi connectivity index (χ0v) is 13.0. The highest BCUT2D eigenvalue weighted by Crippen LogP contribution is 2.33. The second-order valence-corrected chi connectivity index (χ2v) is 5.78. The maximum atomic E-state index is 12.6. The Kier molecular flexibility index (Phi) is 3.58. The van der Waals surface area contributed by atoms with E-state index in [9.17, 15) is 13.2 Å². The summed E-state index contributed by atoms with van der Waals surface area (Å²) in [6.45, 7) is -0.317. The van der Waals surface area contributed by atoms with Gasteiger partial charge in [-0.15, -0.1) is 0 Å². The normalized spacial score (nSPS) is 12.8. The fourth-order valence-electron chi connectivity index (χ4n) is 2.90. The number of hydrogen-bond acceptors (Lipinski definition) is 2. The van der Waals surface area contributed by atoms with Crippen molar-refractivity contribution in [3.05, 3.63) is 71.8 Å². The summed E-state index contributed by atoms with van der Waals surface area (Å²) >= 11 is 0. The van der Waals surface area contributed by atoms with Gasteiger partial charge >= 0.3 is 13.2 Å². The third-order valence-corrected chi connectivity index (χ3v) is 4.08. The van der Waals surface area contributed by atoms with Crippen LogP contribution in [0.15, 0.2) is 60.7 Å². The summed E-state index contributed by atoms with van der Waals surface area (Å²) < 4.78 is 37.8. The molecule has 0 radical (unpaired) electrons. The Hall–Kier alpha value is -3.07. The predicted molar refractivity (Wildman–Crippen MR) is 95.3 cm³/mol. The van der Waals surface area contributed by atoms with Crippen molar-refractivity contribution in [3.8, 4) is 11.7 Å². The van der Waals surface area contributed by atoms with Crippen LogP contribution < -0.4 is 10.5 Å². The Balaban J connectivity index is 1.59. The topological polar surface area (TPSA) is 24.1 Å². The first-order valence-electron chi connectivity index (χ1n) is 7.74. The van der Waals surface area contributed by atoms with Crippen LogP contribution in [0.2, 0.25) is 0 Å². The Morgan fingerprint density at radius 1 is 0.800 bits per heavy atom. The molecule has 0 amide bonds. The Morgan fingerprint density at radius 2 is 1.40 bits per heavy atom. The minimum absolute atomic E-state index is 0.317. The average Bonchev–Trinajstić information content (AvgIpc) is 2.60. The number of benzene rings is 3. The summed E-state index contributed by atoms with van der Waals surface area (Å²) in [5.74, 6) is 5.94. The van der Waals surface area contributed by atoms with Gasteiger partial charge in [-0.1, -0.05) is 36.0 Å². The molecular weight excluding hydrogens is 324 g/mol. The molecule has 6 heteroatoms. The largest absolute Gasteiger partial charge is 0.460 e. The molecule has 1 aliphatic heterocycles. The van der Waals surface area contributed by atoms with Gasteiger partial charge < -0.3 is 10.5 Å². The lowest BCUT2D eigenvalue weighted by Crippen LogP contribution is -2.36. The van der Waals surface area contributed by atoms with Crippen LogP contribution in [-0.4, -0.2) is 6.98 Å². The van der Waals surface area contributed by atoms with Crippen LogP contribution in [0, 0.1) is 11.7 Å². The van der Waals surface area contributed by atoms with Crippen LogP contribution in [-0.2, 0) is 6.18 Å². The highest BCUT2D eigenvalue weighted by Gasteiger charge is 2.29. The van der Waals surface area contributed by atoms with E-state index in [4.69, 9.17) is 0 Å². The van der Waals surface area contributed by atoms with Crippen molar-refractivity contribution in [2.45, 2.75) is 6.18 Å². The van der Waals surface area contributed by atoms with Gasteiger partial charge in [0.1, 0.15) is 0 Å². The molecular formula is C19H12BF3N2. The molecule has 0 fully saturated rings. The minimum Gasteiger partial charge on any atom is -0.398 e. The lowest BCUT2D eigenvalue weighted by molar-refractivity contribution is -0.137. The first-order valence-corrected chi connectivity index (χ1v) is 7.74. The number of anilines is 2. The van der Waals surface area contributed by atoms with Crippen molar-refractivity contribution >= 4 is 29.1 Å². The van der Waals surface area contributed by atoms with Gasteiger partial charge in [0, 0.05) is 22.3 Å². The molecule has 2 nitrogen and oxygen atoms in total. The monoisotopic (exact) mass is 336 g/mol. The zero-order valence-electron chi connectivity index (χ0n) is 13.0. The minimum atomic E-state index is -4.33. The van der Waals surface area contributed by atoms with E-state index in [1.54, 1.807) is 0 Å². The van der Waals surface area contributed by atoms with Gasteiger partial charge in [0.15, 0.2) is 0 Å². The van der Waals surface area contributed by atoms with Gasteiger partial charge in [0.05, 0.1) is 5.56 Å². The fraction of sp³-hybridized carbons (Fsp3) is 0.0526. The Bertz CT molecular complexity index is 960. The maximum absolute atomic E-state index is 12.6. The van der Waals surface area contributed by atoms with Crippen molar-refractivity contribution < 1.29 is 13.2 Å². The van der Waals surface area contributed by atoms with Gasteiger partial charge in [-0.25, -0.2) is 0 Å². The number of alkyl halides is 3. The summed E-state index contributed by atoms with van der Waals surface area (Å²) in [7, 11) is 0. The van der Waals surface area contributed by atoms with Crippen LogP contribution in [0.25, 0.3) is 10.8 Å². The molecule has 2 N–H and O–H groups in total. The SMILES string of the molecule is FC(F)(F)c1ccc(C#CB2Nc3cccc4cccc(c34)N2)cc1. The number of hydrogen-bond donors (Lipinski definition) is 2. The summed E-state index contributed by atoms with van der Waals surface area (Å²) in [6.07, 6.45) is -4.33. The van der Waals surface area contributed by atoms with Crippen LogP contribution in [0.1, 0.15) is 11.1 Å². The highest BCUT2D eigenvalue weighted by molar-refractivity contribution is 6.75. The first kappa shape index (κ1) is 15.5. The van der Waals surface area contributed by atoms with Crippen molar-refractivity contribution in [2.75, 3.05) is 10.5 Å². The molecule has 0 aromatic heterocycles. The third-order valence-electron chi connectivity index (χ3n) is 4.08. The van der Waals surface area contributed by atoms with E-state index in [-0.39, 0.29) is 6.98 Å². The molecule has 122 valence electrons. The molecule has 0 saturated carbocycles. The number of nitrogens with one attached hydrogen (secondary N) is 2. The quantitative estimate of drug-likeness (QED) is 0.456.